The fourth-order valence-corrected chi connectivity index (χ4v) is 4.95. The van der Waals surface area contributed by atoms with E-state index in [0.717, 1.165) is 32.2 Å². The lowest BCUT2D eigenvalue weighted by atomic mass is 9.79. The van der Waals surface area contributed by atoms with Crippen LogP contribution in [0.3, 0.4) is 0 Å². The molecule has 12 heteroatoms. The van der Waals surface area contributed by atoms with Gasteiger partial charge < -0.3 is 19.6 Å². The van der Waals surface area contributed by atoms with E-state index < -0.39 is 11.5 Å². The van der Waals surface area contributed by atoms with Gasteiger partial charge in [-0.1, -0.05) is 0 Å². The van der Waals surface area contributed by atoms with Gasteiger partial charge in [0.1, 0.15) is 19.0 Å². The van der Waals surface area contributed by atoms with Crippen molar-refractivity contribution in [2.75, 3.05) is 32.8 Å². The highest BCUT2D eigenvalue weighted by Crippen LogP contribution is 2.43. The number of tetrazole rings is 1. The minimum Gasteiger partial charge on any atom is -0.456 e. The second-order valence-electron chi connectivity index (χ2n) is 8.86. The number of amides is 1. The molecule has 0 saturated carbocycles. The number of aliphatic hydroxyl groups excluding tert-OH is 1. The van der Waals surface area contributed by atoms with E-state index in [4.69, 9.17) is 4.74 Å². The third kappa shape index (κ3) is 4.00. The van der Waals surface area contributed by atoms with Gasteiger partial charge >= 0.3 is 5.97 Å². The third-order valence-corrected chi connectivity index (χ3v) is 6.97. The van der Waals surface area contributed by atoms with E-state index in [-0.39, 0.29) is 18.5 Å². The van der Waals surface area contributed by atoms with Crippen LogP contribution in [0.15, 0.2) is 30.0 Å². The van der Waals surface area contributed by atoms with E-state index in [2.05, 4.69) is 30.4 Å². The maximum Gasteiger partial charge on any atom is 0.336 e. The van der Waals surface area contributed by atoms with Crippen molar-refractivity contribution in [1.29, 1.82) is 0 Å². The van der Waals surface area contributed by atoms with Crippen molar-refractivity contribution >= 4 is 11.9 Å². The maximum atomic E-state index is 13.4. The molecule has 2 aromatic rings. The number of esters is 1. The Bertz CT molecular complexity index is 1070. The predicted molar refractivity (Wildman–Crippen MR) is 112 cm³/mol. The minimum absolute atomic E-state index is 0.0987. The van der Waals surface area contributed by atoms with Gasteiger partial charge in [0.2, 0.25) is 5.91 Å². The van der Waals surface area contributed by atoms with Gasteiger partial charge in [-0.05, 0) is 56.1 Å². The number of rotatable bonds is 5. The number of ether oxygens (including phenoxy) is 1. The summed E-state index contributed by atoms with van der Waals surface area (Å²) < 4.78 is 6.50. The first-order chi connectivity index (χ1) is 16.0. The Morgan fingerprint density at radius 3 is 2.70 bits per heavy atom. The zero-order valence-corrected chi connectivity index (χ0v) is 18.4. The van der Waals surface area contributed by atoms with Crippen molar-refractivity contribution in [2.24, 2.45) is 5.41 Å². The molecular formula is C21H26N8O4. The van der Waals surface area contributed by atoms with Gasteiger partial charge in [0.25, 0.3) is 0 Å². The number of carbonyl (C=O) groups is 2. The van der Waals surface area contributed by atoms with Crippen molar-refractivity contribution in [2.45, 2.75) is 38.7 Å². The molecule has 0 aliphatic carbocycles. The number of aromatic nitrogens is 6. The molecule has 2 saturated heterocycles. The Morgan fingerprint density at radius 2 is 2.00 bits per heavy atom. The Kier molecular flexibility index (Phi) is 5.62. The summed E-state index contributed by atoms with van der Waals surface area (Å²) in [6.07, 6.45) is 6.85. The van der Waals surface area contributed by atoms with Crippen molar-refractivity contribution in [1.82, 2.24) is 40.0 Å². The van der Waals surface area contributed by atoms with E-state index in [1.807, 2.05) is 0 Å². The van der Waals surface area contributed by atoms with Gasteiger partial charge in [-0.25, -0.2) is 9.78 Å². The zero-order chi connectivity index (χ0) is 23.0. The molecule has 2 atom stereocenters. The van der Waals surface area contributed by atoms with Gasteiger partial charge in [0, 0.05) is 13.1 Å². The van der Waals surface area contributed by atoms with Crippen LogP contribution in [-0.4, -0.2) is 89.7 Å². The number of hydrogen-bond donors (Lipinski definition) is 1. The normalized spacial score (nSPS) is 25.1. The van der Waals surface area contributed by atoms with Crippen LogP contribution in [0.5, 0.6) is 0 Å². The molecule has 3 aliphatic rings. The van der Waals surface area contributed by atoms with Crippen molar-refractivity contribution < 1.29 is 19.4 Å². The molecule has 174 valence electrons. The molecule has 2 unspecified atom stereocenters. The van der Waals surface area contributed by atoms with Crippen molar-refractivity contribution in [3.63, 3.8) is 0 Å². The van der Waals surface area contributed by atoms with E-state index in [9.17, 15) is 14.7 Å². The van der Waals surface area contributed by atoms with E-state index in [1.54, 1.807) is 11.8 Å². The molecule has 0 bridgehead atoms. The molecule has 1 spiro atoms. The van der Waals surface area contributed by atoms with Gasteiger partial charge in [-0.15, -0.1) is 5.10 Å². The highest BCUT2D eigenvalue weighted by atomic mass is 16.5. The number of likely N-dealkylation sites (tertiary alicyclic amines) is 2. The van der Waals surface area contributed by atoms with Crippen LogP contribution in [0.2, 0.25) is 0 Å². The van der Waals surface area contributed by atoms with Gasteiger partial charge in [0.05, 0.1) is 34.8 Å². The number of cyclic esters (lactones) is 1. The van der Waals surface area contributed by atoms with E-state index >= 15 is 0 Å². The molecule has 2 aromatic heterocycles. The van der Waals surface area contributed by atoms with Crippen LogP contribution in [0, 0.1) is 5.41 Å². The summed E-state index contributed by atoms with van der Waals surface area (Å²) in [5, 5.41) is 21.6. The number of aliphatic hydroxyl groups is 1. The highest BCUT2D eigenvalue weighted by Gasteiger charge is 2.49. The average Bonchev–Trinajstić information content (AvgIpc) is 3.50. The molecule has 1 amide bonds. The largest absolute Gasteiger partial charge is 0.456 e. The summed E-state index contributed by atoms with van der Waals surface area (Å²) in [6, 6.07) is 0. The van der Waals surface area contributed by atoms with Crippen molar-refractivity contribution in [3.8, 4) is 5.82 Å². The highest BCUT2D eigenvalue weighted by molar-refractivity contribution is 5.94. The molecule has 5 rings (SSSR count). The molecular weight excluding hydrogens is 428 g/mol. The molecule has 0 radical (unpaired) electrons. The quantitative estimate of drug-likeness (QED) is 0.615. The molecule has 2 fully saturated rings. The zero-order valence-electron chi connectivity index (χ0n) is 18.4. The lowest BCUT2D eigenvalue weighted by Gasteiger charge is -2.27. The minimum atomic E-state index is -0.792. The summed E-state index contributed by atoms with van der Waals surface area (Å²) >= 11 is 0. The first-order valence-corrected chi connectivity index (χ1v) is 11.1. The lowest BCUT2D eigenvalue weighted by molar-refractivity contribution is -0.137. The second-order valence-corrected chi connectivity index (χ2v) is 8.86. The summed E-state index contributed by atoms with van der Waals surface area (Å²) in [7, 11) is 0. The summed E-state index contributed by atoms with van der Waals surface area (Å²) in [6.45, 7) is 4.44. The summed E-state index contributed by atoms with van der Waals surface area (Å²) in [5.41, 5.74) is 1.31. The van der Waals surface area contributed by atoms with Gasteiger partial charge in [0.15, 0.2) is 5.82 Å². The molecule has 1 N–H and O–H groups in total. The lowest BCUT2D eigenvalue weighted by Crippen LogP contribution is -2.36. The third-order valence-electron chi connectivity index (χ3n) is 6.97. The fraction of sp³-hybridized carbons (Fsp3) is 0.571. The fourth-order valence-electron chi connectivity index (χ4n) is 4.95. The van der Waals surface area contributed by atoms with E-state index in [1.165, 1.54) is 23.4 Å². The van der Waals surface area contributed by atoms with Crippen LogP contribution in [0.1, 0.15) is 44.4 Å². The topological polar surface area (TPSA) is 139 Å². The maximum absolute atomic E-state index is 13.4. The van der Waals surface area contributed by atoms with E-state index in [0.29, 0.717) is 42.4 Å². The van der Waals surface area contributed by atoms with Gasteiger partial charge in [-0.3, -0.25) is 9.78 Å². The smallest absolute Gasteiger partial charge is 0.336 e. The number of hydrogen-bond acceptors (Lipinski definition) is 10. The first kappa shape index (κ1) is 21.6. The predicted octanol–water partition coefficient (Wildman–Crippen LogP) is 0.0211. The molecule has 5 heterocycles. The van der Waals surface area contributed by atoms with Crippen molar-refractivity contribution in [3.05, 3.63) is 35.7 Å². The molecule has 0 aromatic carbocycles. The summed E-state index contributed by atoms with van der Waals surface area (Å²) in [5.74, 6) is 0.229. The van der Waals surface area contributed by atoms with Crippen LogP contribution >= 0.6 is 0 Å². The average molecular weight is 454 g/mol. The SMILES string of the molecule is CC1=C(N2CCC3(CCCN(CC(O)c4cnc(-n5cnnn5)cn4)CC3)C2=O)COC1=O. The van der Waals surface area contributed by atoms with Crippen LogP contribution in [0.25, 0.3) is 5.82 Å². The summed E-state index contributed by atoms with van der Waals surface area (Å²) in [4.78, 5) is 37.6. The molecule has 3 aliphatic heterocycles. The Hall–Kier alpha value is -3.25. The first-order valence-electron chi connectivity index (χ1n) is 11.1. The Labute approximate surface area is 190 Å². The Morgan fingerprint density at radius 1 is 1.15 bits per heavy atom. The van der Waals surface area contributed by atoms with Crippen LogP contribution < -0.4 is 0 Å². The van der Waals surface area contributed by atoms with Crippen LogP contribution in [0.4, 0.5) is 0 Å². The molecule has 33 heavy (non-hydrogen) atoms. The number of carbonyl (C=O) groups excluding carboxylic acids is 2. The second kappa shape index (κ2) is 8.60. The van der Waals surface area contributed by atoms with Gasteiger partial charge in [-0.2, -0.15) is 4.68 Å². The number of β-amino-alcohol motifs (C(OH)–C–C–N with tert-alkyl or cyclic N) is 1. The van der Waals surface area contributed by atoms with Crippen LogP contribution in [-0.2, 0) is 14.3 Å². The Balaban J connectivity index is 1.21. The number of nitrogens with zero attached hydrogens (tertiary/aromatic N) is 8. The molecule has 12 nitrogen and oxygen atoms in total. The monoisotopic (exact) mass is 454 g/mol. The standard InChI is InChI=1S/C21H26N8O4/c1-14-16(12-33-19(14)31)28-8-5-21(20(28)32)3-2-6-27(7-4-21)11-17(30)15-9-23-18(10-22-15)29-13-24-25-26-29/h9-10,13,17,30H,2-8,11-12H2,1H3.